The van der Waals surface area contributed by atoms with Crippen LogP contribution in [0, 0.1) is 10.1 Å². The zero-order chi connectivity index (χ0) is 20.5. The summed E-state index contributed by atoms with van der Waals surface area (Å²) in [6.45, 7) is 4.77. The molecule has 0 spiro atoms. The van der Waals surface area contributed by atoms with Gasteiger partial charge >= 0.3 is 0 Å². The molecule has 0 unspecified atom stereocenters. The fourth-order valence-electron chi connectivity index (χ4n) is 2.26. The highest BCUT2D eigenvalue weighted by Crippen LogP contribution is 2.36. The quantitative estimate of drug-likeness (QED) is 0.382. The fraction of sp³-hybridized carbons (Fsp3) is 0.263. The van der Waals surface area contributed by atoms with Crippen molar-refractivity contribution in [1.82, 2.24) is 5.43 Å². The Bertz CT molecular complexity index is 886. The molecule has 0 saturated carbocycles. The van der Waals surface area contributed by atoms with Crippen molar-refractivity contribution in [2.75, 3.05) is 13.2 Å². The van der Waals surface area contributed by atoms with Gasteiger partial charge in [-0.2, -0.15) is 5.10 Å². The molecule has 0 radical (unpaired) electrons. The number of nitro benzene ring substituents is 1. The van der Waals surface area contributed by atoms with Crippen LogP contribution >= 0.6 is 11.6 Å². The van der Waals surface area contributed by atoms with Gasteiger partial charge in [0.05, 0.1) is 29.4 Å². The highest BCUT2D eigenvalue weighted by molar-refractivity contribution is 6.32. The minimum atomic E-state index is -0.570. The van der Waals surface area contributed by atoms with Crippen LogP contribution in [0.1, 0.15) is 36.2 Å². The zero-order valence-electron chi connectivity index (χ0n) is 15.5. The van der Waals surface area contributed by atoms with E-state index in [-0.39, 0.29) is 11.3 Å². The number of rotatable bonds is 9. The summed E-state index contributed by atoms with van der Waals surface area (Å²) in [7, 11) is 0. The number of benzene rings is 2. The predicted molar refractivity (Wildman–Crippen MR) is 107 cm³/mol. The van der Waals surface area contributed by atoms with E-state index in [1.165, 1.54) is 30.5 Å². The maximum Gasteiger partial charge on any atom is 0.271 e. The van der Waals surface area contributed by atoms with E-state index in [1.54, 1.807) is 12.1 Å². The van der Waals surface area contributed by atoms with Crippen molar-refractivity contribution in [3.63, 3.8) is 0 Å². The number of hydrogen-bond donors (Lipinski definition) is 1. The third-order valence-corrected chi connectivity index (χ3v) is 3.76. The lowest BCUT2D eigenvalue weighted by molar-refractivity contribution is -0.384. The average molecular weight is 406 g/mol. The molecule has 8 nitrogen and oxygen atoms in total. The third kappa shape index (κ3) is 5.68. The number of hydrazone groups is 1. The van der Waals surface area contributed by atoms with Crippen LogP contribution in [0.4, 0.5) is 5.69 Å². The van der Waals surface area contributed by atoms with Gasteiger partial charge in [-0.3, -0.25) is 14.9 Å². The molecule has 0 aliphatic carbocycles. The topological polar surface area (TPSA) is 103 Å². The first-order chi connectivity index (χ1) is 13.5. The molecule has 2 aromatic rings. The molecule has 2 aromatic carbocycles. The van der Waals surface area contributed by atoms with E-state index in [2.05, 4.69) is 10.5 Å². The summed E-state index contributed by atoms with van der Waals surface area (Å²) in [6, 6.07) is 8.71. The molecule has 28 heavy (non-hydrogen) atoms. The van der Waals surface area contributed by atoms with Gasteiger partial charge in [0, 0.05) is 17.7 Å². The fourth-order valence-corrected chi connectivity index (χ4v) is 2.53. The first kappa shape index (κ1) is 21.2. The van der Waals surface area contributed by atoms with Crippen molar-refractivity contribution in [1.29, 1.82) is 0 Å². The van der Waals surface area contributed by atoms with Gasteiger partial charge in [0.15, 0.2) is 11.5 Å². The molecular weight excluding hydrogens is 386 g/mol. The lowest BCUT2D eigenvalue weighted by Crippen LogP contribution is -2.17. The van der Waals surface area contributed by atoms with Crippen LogP contribution in [-0.2, 0) is 0 Å². The molecular formula is C19H20ClN3O5. The summed E-state index contributed by atoms with van der Waals surface area (Å²) in [5.41, 5.74) is 2.87. The number of ether oxygens (including phenoxy) is 2. The van der Waals surface area contributed by atoms with Crippen molar-refractivity contribution in [3.8, 4) is 11.5 Å². The predicted octanol–water partition coefficient (Wildman–Crippen LogP) is 4.20. The highest BCUT2D eigenvalue weighted by atomic mass is 35.5. The second kappa shape index (κ2) is 10.3. The molecule has 9 heteroatoms. The van der Waals surface area contributed by atoms with E-state index in [0.717, 1.165) is 6.42 Å². The Morgan fingerprint density at radius 2 is 2.07 bits per heavy atom. The van der Waals surface area contributed by atoms with Crippen molar-refractivity contribution in [2.24, 2.45) is 5.10 Å². The average Bonchev–Trinajstić information content (AvgIpc) is 2.67. The van der Waals surface area contributed by atoms with Gasteiger partial charge in [0.1, 0.15) is 0 Å². The van der Waals surface area contributed by atoms with Crippen LogP contribution < -0.4 is 14.9 Å². The largest absolute Gasteiger partial charge is 0.490 e. The lowest BCUT2D eigenvalue weighted by atomic mass is 10.2. The number of non-ortho nitro benzene ring substituents is 1. The molecule has 0 aliphatic rings. The van der Waals surface area contributed by atoms with E-state index in [4.69, 9.17) is 21.1 Å². The van der Waals surface area contributed by atoms with Gasteiger partial charge in [-0.15, -0.1) is 0 Å². The summed E-state index contributed by atoms with van der Waals surface area (Å²) in [5.74, 6) is 0.372. The Morgan fingerprint density at radius 1 is 1.29 bits per heavy atom. The zero-order valence-corrected chi connectivity index (χ0v) is 16.2. The Hall–Kier alpha value is -3.13. The molecule has 0 heterocycles. The van der Waals surface area contributed by atoms with Crippen LogP contribution in [-0.4, -0.2) is 30.3 Å². The maximum atomic E-state index is 12.1. The standard InChI is InChI=1S/C19H20ClN3O5/c1-3-8-28-18-16(20)9-13(10-17(18)27-4-2)12-21-22-19(24)14-6-5-7-15(11-14)23(25)26/h5-7,9-12H,3-4,8H2,1-2H3,(H,22,24)/b21-12+. The number of nitrogens with one attached hydrogen (secondary N) is 1. The Balaban J connectivity index is 2.14. The van der Waals surface area contributed by atoms with E-state index < -0.39 is 10.8 Å². The summed E-state index contributed by atoms with van der Waals surface area (Å²) in [5, 5.41) is 15.0. The second-order valence-electron chi connectivity index (χ2n) is 5.62. The van der Waals surface area contributed by atoms with E-state index in [9.17, 15) is 14.9 Å². The second-order valence-corrected chi connectivity index (χ2v) is 6.03. The summed E-state index contributed by atoms with van der Waals surface area (Å²) in [6.07, 6.45) is 2.22. The van der Waals surface area contributed by atoms with E-state index in [1.807, 2.05) is 13.8 Å². The number of nitrogens with zero attached hydrogens (tertiary/aromatic N) is 2. The first-order valence-corrected chi connectivity index (χ1v) is 9.01. The SMILES string of the molecule is CCCOc1c(Cl)cc(/C=N/NC(=O)c2cccc([N+](=O)[O-])c2)cc1OCC. The molecule has 0 atom stereocenters. The van der Waals surface area contributed by atoms with E-state index in [0.29, 0.717) is 35.3 Å². The maximum absolute atomic E-state index is 12.1. The number of nitro groups is 1. The van der Waals surface area contributed by atoms with Crippen LogP contribution in [0.5, 0.6) is 11.5 Å². The van der Waals surface area contributed by atoms with Gasteiger partial charge in [-0.05, 0) is 37.1 Å². The van der Waals surface area contributed by atoms with Crippen molar-refractivity contribution in [3.05, 3.63) is 62.7 Å². The van der Waals surface area contributed by atoms with Crippen molar-refractivity contribution < 1.29 is 19.2 Å². The monoisotopic (exact) mass is 405 g/mol. The normalized spacial score (nSPS) is 10.7. The summed E-state index contributed by atoms with van der Waals surface area (Å²) < 4.78 is 11.2. The van der Waals surface area contributed by atoms with Gasteiger partial charge in [-0.25, -0.2) is 5.43 Å². The minimum Gasteiger partial charge on any atom is -0.490 e. The van der Waals surface area contributed by atoms with Crippen LogP contribution in [0.2, 0.25) is 5.02 Å². The number of halogens is 1. The third-order valence-electron chi connectivity index (χ3n) is 3.48. The van der Waals surface area contributed by atoms with Gasteiger partial charge in [0.2, 0.25) is 0 Å². The van der Waals surface area contributed by atoms with Gasteiger partial charge in [0.25, 0.3) is 11.6 Å². The smallest absolute Gasteiger partial charge is 0.271 e. The highest BCUT2D eigenvalue weighted by Gasteiger charge is 2.13. The molecule has 2 rings (SSSR count). The van der Waals surface area contributed by atoms with Crippen LogP contribution in [0.25, 0.3) is 0 Å². The lowest BCUT2D eigenvalue weighted by Gasteiger charge is -2.13. The summed E-state index contributed by atoms with van der Waals surface area (Å²) >= 11 is 6.27. The molecule has 0 saturated heterocycles. The Labute approximate surface area is 167 Å². The molecule has 0 fully saturated rings. The molecule has 0 aromatic heterocycles. The van der Waals surface area contributed by atoms with Gasteiger partial charge < -0.3 is 9.47 Å². The minimum absolute atomic E-state index is 0.128. The summed E-state index contributed by atoms with van der Waals surface area (Å²) in [4.78, 5) is 22.3. The van der Waals surface area contributed by atoms with Crippen molar-refractivity contribution in [2.45, 2.75) is 20.3 Å². The number of hydrogen-bond acceptors (Lipinski definition) is 6. The number of carbonyl (C=O) groups is 1. The first-order valence-electron chi connectivity index (χ1n) is 8.63. The Morgan fingerprint density at radius 3 is 2.75 bits per heavy atom. The van der Waals surface area contributed by atoms with Crippen LogP contribution in [0.15, 0.2) is 41.5 Å². The molecule has 1 amide bonds. The molecule has 148 valence electrons. The van der Waals surface area contributed by atoms with Crippen LogP contribution in [0.3, 0.4) is 0 Å². The molecule has 1 N–H and O–H groups in total. The number of amides is 1. The Kier molecular flexibility index (Phi) is 7.76. The van der Waals surface area contributed by atoms with E-state index >= 15 is 0 Å². The number of carbonyl (C=O) groups excluding carboxylic acids is 1. The molecule has 0 aliphatic heterocycles. The van der Waals surface area contributed by atoms with Crippen molar-refractivity contribution >= 4 is 29.4 Å². The molecule has 0 bridgehead atoms. The van der Waals surface area contributed by atoms with Gasteiger partial charge in [-0.1, -0.05) is 24.6 Å².